The zero-order valence-corrected chi connectivity index (χ0v) is 23.8. The predicted octanol–water partition coefficient (Wildman–Crippen LogP) is 4.02. The number of halogens is 2. The van der Waals surface area contributed by atoms with Crippen LogP contribution in [0.1, 0.15) is 56.5 Å². The summed E-state index contributed by atoms with van der Waals surface area (Å²) >= 11 is 0. The first-order chi connectivity index (χ1) is 19.8. The van der Waals surface area contributed by atoms with Crippen LogP contribution in [0.4, 0.5) is 8.78 Å². The van der Waals surface area contributed by atoms with E-state index in [0.29, 0.717) is 50.2 Å². The molecule has 4 rings (SSSR count). The molecule has 0 radical (unpaired) electrons. The van der Waals surface area contributed by atoms with Crippen molar-refractivity contribution in [2.45, 2.75) is 78.1 Å². The van der Waals surface area contributed by atoms with Crippen LogP contribution in [0.3, 0.4) is 0 Å². The Hall–Kier alpha value is -3.63. The monoisotopic (exact) mass is 567 g/mol. The normalized spacial score (nSPS) is 12.3. The Bertz CT molecular complexity index is 1560. The zero-order valence-electron chi connectivity index (χ0n) is 23.8. The van der Waals surface area contributed by atoms with E-state index in [4.69, 9.17) is 4.98 Å². The Balaban J connectivity index is 1.82. The van der Waals surface area contributed by atoms with Gasteiger partial charge in [-0.1, -0.05) is 63.1 Å². The molecule has 2 aromatic heterocycles. The second kappa shape index (κ2) is 14.3. The van der Waals surface area contributed by atoms with Crippen LogP contribution in [0.2, 0.25) is 0 Å². The summed E-state index contributed by atoms with van der Waals surface area (Å²) < 4.78 is 32.5. The third-order valence-corrected chi connectivity index (χ3v) is 7.37. The summed E-state index contributed by atoms with van der Waals surface area (Å²) in [4.78, 5) is 32.4. The summed E-state index contributed by atoms with van der Waals surface area (Å²) in [6.07, 6.45) is 3.21. The summed E-state index contributed by atoms with van der Waals surface area (Å²) in [5, 5.41) is 13.2. The van der Waals surface area contributed by atoms with E-state index in [0.717, 1.165) is 24.5 Å². The molecule has 2 heterocycles. The number of nitrogens with zero attached hydrogens (tertiary/aromatic N) is 4. The van der Waals surface area contributed by atoms with Crippen molar-refractivity contribution in [1.29, 1.82) is 0 Å². The Morgan fingerprint density at radius 3 is 2.44 bits per heavy atom. The first kappa shape index (κ1) is 30.3. The van der Waals surface area contributed by atoms with Gasteiger partial charge in [-0.05, 0) is 36.5 Å². The lowest BCUT2D eigenvalue weighted by atomic mass is 10.1. The smallest absolute Gasteiger partial charge is 0.332 e. The molecule has 0 bridgehead atoms. The number of hydrogen-bond donors (Lipinski definition) is 2. The zero-order chi connectivity index (χ0) is 29.4. The van der Waals surface area contributed by atoms with E-state index in [2.05, 4.69) is 12.2 Å². The average Bonchev–Trinajstić information content (AvgIpc) is 3.31. The van der Waals surface area contributed by atoms with Gasteiger partial charge in [0.25, 0.3) is 5.56 Å². The van der Waals surface area contributed by atoms with Gasteiger partial charge >= 0.3 is 5.69 Å². The van der Waals surface area contributed by atoms with Crippen LogP contribution in [0.15, 0.2) is 58.1 Å². The quantitative estimate of drug-likeness (QED) is 0.212. The van der Waals surface area contributed by atoms with E-state index in [1.54, 1.807) is 0 Å². The molecule has 0 spiro atoms. The van der Waals surface area contributed by atoms with Gasteiger partial charge in [0.1, 0.15) is 17.5 Å². The van der Waals surface area contributed by atoms with Gasteiger partial charge in [0.15, 0.2) is 11.2 Å². The Labute approximate surface area is 238 Å². The number of aliphatic hydroxyl groups excluding tert-OH is 1. The van der Waals surface area contributed by atoms with Crippen molar-refractivity contribution >= 4 is 11.2 Å². The van der Waals surface area contributed by atoms with Crippen molar-refractivity contribution in [2.24, 2.45) is 0 Å². The van der Waals surface area contributed by atoms with E-state index in [1.807, 2.05) is 41.8 Å². The fraction of sp³-hybridized carbons (Fsp3) is 0.452. The van der Waals surface area contributed by atoms with E-state index >= 15 is 0 Å². The molecule has 41 heavy (non-hydrogen) atoms. The lowest BCUT2D eigenvalue weighted by Crippen LogP contribution is -2.41. The number of fused-ring (bicyclic) bond motifs is 1. The van der Waals surface area contributed by atoms with Gasteiger partial charge in [-0.25, -0.2) is 18.6 Å². The third kappa shape index (κ3) is 7.37. The number of hydrogen-bond acceptors (Lipinski definition) is 5. The Morgan fingerprint density at radius 1 is 0.951 bits per heavy atom. The molecule has 0 saturated carbocycles. The molecule has 0 aliphatic rings. The molecule has 2 N–H and O–H groups in total. The molecule has 1 unspecified atom stereocenters. The highest BCUT2D eigenvalue weighted by atomic mass is 19.1. The minimum Gasteiger partial charge on any atom is -0.392 e. The molecule has 1 atom stereocenters. The minimum atomic E-state index is -0.679. The van der Waals surface area contributed by atoms with Crippen molar-refractivity contribution in [3.05, 3.63) is 98.0 Å². The van der Waals surface area contributed by atoms with E-state index in [9.17, 15) is 23.5 Å². The molecule has 8 nitrogen and oxygen atoms in total. The molecule has 0 aliphatic heterocycles. The number of aliphatic hydroxyl groups is 1. The van der Waals surface area contributed by atoms with Crippen LogP contribution in [-0.2, 0) is 32.5 Å². The molecule has 2 aromatic carbocycles. The van der Waals surface area contributed by atoms with Gasteiger partial charge in [0.2, 0.25) is 0 Å². The Morgan fingerprint density at radius 2 is 1.73 bits per heavy atom. The fourth-order valence-corrected chi connectivity index (χ4v) is 4.97. The van der Waals surface area contributed by atoms with Gasteiger partial charge in [-0.3, -0.25) is 13.9 Å². The van der Waals surface area contributed by atoms with Gasteiger partial charge in [0, 0.05) is 45.2 Å². The Kier molecular flexibility index (Phi) is 10.6. The van der Waals surface area contributed by atoms with Gasteiger partial charge in [-0.15, -0.1) is 0 Å². The van der Waals surface area contributed by atoms with Gasteiger partial charge < -0.3 is 15.0 Å². The third-order valence-electron chi connectivity index (χ3n) is 7.37. The summed E-state index contributed by atoms with van der Waals surface area (Å²) in [7, 11) is 0. The highest BCUT2D eigenvalue weighted by Crippen LogP contribution is 2.17. The maximum atomic E-state index is 14.5. The fourth-order valence-electron chi connectivity index (χ4n) is 4.97. The van der Waals surface area contributed by atoms with Crippen molar-refractivity contribution in [2.75, 3.05) is 13.1 Å². The number of aromatic nitrogens is 4. The number of unbranched alkanes of at least 4 members (excludes halogenated alkanes) is 2. The number of aryl methyl sites for hydroxylation is 2. The first-order valence-corrected chi connectivity index (χ1v) is 14.4. The summed E-state index contributed by atoms with van der Waals surface area (Å²) in [6, 6.07) is 13.1. The molecule has 0 amide bonds. The average molecular weight is 568 g/mol. The predicted molar refractivity (Wildman–Crippen MR) is 156 cm³/mol. The molecule has 4 aromatic rings. The number of nitrogens with one attached hydrogen (secondary N) is 1. The summed E-state index contributed by atoms with van der Waals surface area (Å²) in [6.45, 7) is 5.62. The molecular formula is C31H39F2N5O3. The van der Waals surface area contributed by atoms with Crippen LogP contribution in [0.25, 0.3) is 11.2 Å². The lowest BCUT2D eigenvalue weighted by Gasteiger charge is -2.14. The van der Waals surface area contributed by atoms with Crippen molar-refractivity contribution in [3.8, 4) is 0 Å². The van der Waals surface area contributed by atoms with Crippen molar-refractivity contribution < 1.29 is 13.9 Å². The maximum absolute atomic E-state index is 14.5. The van der Waals surface area contributed by atoms with Crippen LogP contribution < -0.4 is 16.6 Å². The van der Waals surface area contributed by atoms with Crippen molar-refractivity contribution in [3.63, 3.8) is 0 Å². The lowest BCUT2D eigenvalue weighted by molar-refractivity contribution is 0.167. The second-order valence-electron chi connectivity index (χ2n) is 10.4. The molecule has 0 saturated heterocycles. The standard InChI is InChI=1S/C31H39F2N5O3/c1-3-5-9-16-38-30(40)28-29(37(31(38)41)17-14-23-12-13-24(32)20-26(23)33)35-27(19-22-10-7-6-8-11-22)36(28)18-15-34-21-25(39)4-2/h6-8,10-13,20,25,34,39H,3-5,9,14-19,21H2,1-2H3. The van der Waals surface area contributed by atoms with Crippen LogP contribution in [0, 0.1) is 11.6 Å². The number of imidazole rings is 1. The molecule has 10 heteroatoms. The van der Waals surface area contributed by atoms with E-state index in [-0.39, 0.29) is 30.7 Å². The highest BCUT2D eigenvalue weighted by Gasteiger charge is 2.22. The van der Waals surface area contributed by atoms with Gasteiger partial charge in [-0.2, -0.15) is 0 Å². The SMILES string of the molecule is CCCCCn1c(=O)c2c(nc(Cc3ccccc3)n2CCNCC(O)CC)n(CCc2ccc(F)cc2F)c1=O. The largest absolute Gasteiger partial charge is 0.392 e. The molecular weight excluding hydrogens is 528 g/mol. The maximum Gasteiger partial charge on any atom is 0.332 e. The molecule has 0 aliphatic carbocycles. The van der Waals surface area contributed by atoms with Crippen LogP contribution in [0.5, 0.6) is 0 Å². The van der Waals surface area contributed by atoms with Gasteiger partial charge in [0.05, 0.1) is 6.10 Å². The second-order valence-corrected chi connectivity index (χ2v) is 10.4. The van der Waals surface area contributed by atoms with E-state index in [1.165, 1.54) is 21.3 Å². The summed E-state index contributed by atoms with van der Waals surface area (Å²) in [5.41, 5.74) is 0.979. The highest BCUT2D eigenvalue weighted by molar-refractivity contribution is 5.71. The van der Waals surface area contributed by atoms with Crippen LogP contribution in [-0.4, -0.2) is 43.0 Å². The van der Waals surface area contributed by atoms with Crippen molar-refractivity contribution in [1.82, 2.24) is 24.0 Å². The minimum absolute atomic E-state index is 0.0781. The molecule has 220 valence electrons. The number of rotatable bonds is 15. The molecule has 0 fully saturated rings. The topological polar surface area (TPSA) is 94.1 Å². The number of benzene rings is 2. The van der Waals surface area contributed by atoms with E-state index < -0.39 is 29.0 Å². The first-order valence-electron chi connectivity index (χ1n) is 14.4. The van der Waals surface area contributed by atoms with Crippen LogP contribution >= 0.6 is 0 Å². The summed E-state index contributed by atoms with van der Waals surface area (Å²) in [5.74, 6) is -0.714.